The first-order chi connectivity index (χ1) is 7.99. The zero-order valence-corrected chi connectivity index (χ0v) is 9.94. The van der Waals surface area contributed by atoms with E-state index in [9.17, 15) is 9.59 Å². The minimum absolute atomic E-state index is 0.0149. The number of hydrogen-bond donors (Lipinski definition) is 3. The second-order valence-corrected chi connectivity index (χ2v) is 4.41. The summed E-state index contributed by atoms with van der Waals surface area (Å²) in [6.07, 6.45) is 1.73. The average molecular weight is 245 g/mol. The van der Waals surface area contributed by atoms with Crippen molar-refractivity contribution < 1.29 is 24.5 Å². The molecule has 1 saturated carbocycles. The van der Waals surface area contributed by atoms with E-state index < -0.39 is 12.1 Å². The summed E-state index contributed by atoms with van der Waals surface area (Å²) >= 11 is 0. The third-order valence-electron chi connectivity index (χ3n) is 3.21. The molecule has 1 aliphatic carbocycles. The van der Waals surface area contributed by atoms with Crippen LogP contribution in [-0.4, -0.2) is 47.4 Å². The van der Waals surface area contributed by atoms with Crippen molar-refractivity contribution in [3.8, 4) is 0 Å². The van der Waals surface area contributed by atoms with Crippen molar-refractivity contribution in [1.82, 2.24) is 5.32 Å². The summed E-state index contributed by atoms with van der Waals surface area (Å²) in [6, 6.07) is 0. The number of aliphatic carboxylic acids is 1. The van der Waals surface area contributed by atoms with E-state index in [0.717, 1.165) is 19.3 Å². The largest absolute Gasteiger partial charge is 0.479 e. The lowest BCUT2D eigenvalue weighted by molar-refractivity contribution is -0.147. The van der Waals surface area contributed by atoms with E-state index in [-0.39, 0.29) is 24.5 Å². The van der Waals surface area contributed by atoms with Gasteiger partial charge in [0.1, 0.15) is 0 Å². The number of methoxy groups -OCH3 is 1. The molecule has 6 heteroatoms. The topological polar surface area (TPSA) is 95.9 Å². The van der Waals surface area contributed by atoms with E-state index >= 15 is 0 Å². The molecule has 3 N–H and O–H groups in total. The minimum Gasteiger partial charge on any atom is -0.479 e. The molecule has 0 spiro atoms. The van der Waals surface area contributed by atoms with Crippen LogP contribution in [0.3, 0.4) is 0 Å². The first-order valence-corrected chi connectivity index (χ1v) is 5.72. The number of aliphatic hydroxyl groups excluding tert-OH is 1. The highest BCUT2D eigenvalue weighted by atomic mass is 16.5. The molecule has 0 heterocycles. The number of amides is 1. The SMILES string of the molecule is COC1(CC(=O)NCC[C@H](O)C(=O)O)CCC1. The van der Waals surface area contributed by atoms with Crippen molar-refractivity contribution in [3.63, 3.8) is 0 Å². The van der Waals surface area contributed by atoms with Crippen LogP contribution in [0.1, 0.15) is 32.1 Å². The maximum absolute atomic E-state index is 11.5. The fraction of sp³-hybridized carbons (Fsp3) is 0.818. The van der Waals surface area contributed by atoms with E-state index in [2.05, 4.69) is 5.32 Å². The standard InChI is InChI=1S/C11H19NO5/c1-17-11(4-2-5-11)7-9(14)12-6-3-8(13)10(15)16/h8,13H,2-7H2,1H3,(H,12,14)(H,15,16)/t8-/m0/s1. The Labute approximate surface area is 100.0 Å². The van der Waals surface area contributed by atoms with Crippen molar-refractivity contribution in [2.75, 3.05) is 13.7 Å². The molecular weight excluding hydrogens is 226 g/mol. The highest BCUT2D eigenvalue weighted by Crippen LogP contribution is 2.37. The summed E-state index contributed by atoms with van der Waals surface area (Å²) < 4.78 is 5.31. The Morgan fingerprint density at radius 2 is 2.12 bits per heavy atom. The van der Waals surface area contributed by atoms with Crippen molar-refractivity contribution >= 4 is 11.9 Å². The molecule has 98 valence electrons. The van der Waals surface area contributed by atoms with Crippen LogP contribution in [-0.2, 0) is 14.3 Å². The molecule has 0 bridgehead atoms. The van der Waals surface area contributed by atoms with Crippen LogP contribution in [0.5, 0.6) is 0 Å². The van der Waals surface area contributed by atoms with Gasteiger partial charge in [-0.2, -0.15) is 0 Å². The van der Waals surface area contributed by atoms with Crippen LogP contribution in [0.2, 0.25) is 0 Å². The Morgan fingerprint density at radius 3 is 2.53 bits per heavy atom. The summed E-state index contributed by atoms with van der Waals surface area (Å²) in [5.74, 6) is -1.43. The van der Waals surface area contributed by atoms with Crippen molar-refractivity contribution in [2.24, 2.45) is 0 Å². The molecule has 1 amide bonds. The van der Waals surface area contributed by atoms with Crippen LogP contribution < -0.4 is 5.32 Å². The third-order valence-corrected chi connectivity index (χ3v) is 3.21. The summed E-state index contributed by atoms with van der Waals surface area (Å²) in [6.45, 7) is 0.159. The molecule has 0 aromatic carbocycles. The minimum atomic E-state index is -1.42. The summed E-state index contributed by atoms with van der Waals surface area (Å²) in [7, 11) is 1.60. The van der Waals surface area contributed by atoms with Gasteiger partial charge in [0.2, 0.25) is 5.91 Å². The second-order valence-electron chi connectivity index (χ2n) is 4.41. The Hall–Kier alpha value is -1.14. The van der Waals surface area contributed by atoms with E-state index in [1.54, 1.807) is 7.11 Å². The van der Waals surface area contributed by atoms with Gasteiger partial charge < -0.3 is 20.3 Å². The van der Waals surface area contributed by atoms with E-state index in [1.807, 2.05) is 0 Å². The van der Waals surface area contributed by atoms with Crippen molar-refractivity contribution in [2.45, 2.75) is 43.8 Å². The van der Waals surface area contributed by atoms with E-state index in [0.29, 0.717) is 6.42 Å². The molecule has 6 nitrogen and oxygen atoms in total. The summed E-state index contributed by atoms with van der Waals surface area (Å²) in [5.41, 5.74) is -0.324. The van der Waals surface area contributed by atoms with E-state index in [1.165, 1.54) is 0 Å². The van der Waals surface area contributed by atoms with Gasteiger partial charge in [0.05, 0.1) is 12.0 Å². The van der Waals surface area contributed by atoms with Crippen molar-refractivity contribution in [1.29, 1.82) is 0 Å². The molecule has 1 fully saturated rings. The van der Waals surface area contributed by atoms with Gasteiger partial charge in [-0.05, 0) is 19.3 Å². The zero-order chi connectivity index (χ0) is 12.9. The van der Waals surface area contributed by atoms with Gasteiger partial charge >= 0.3 is 5.97 Å². The highest BCUT2D eigenvalue weighted by molar-refractivity contribution is 5.77. The van der Waals surface area contributed by atoms with E-state index in [4.69, 9.17) is 14.9 Å². The normalized spacial score (nSPS) is 19.2. The number of rotatable bonds is 7. The molecule has 1 atom stereocenters. The molecule has 0 aliphatic heterocycles. The number of carboxylic acids is 1. The fourth-order valence-electron chi connectivity index (χ4n) is 1.85. The number of carbonyl (C=O) groups excluding carboxylic acids is 1. The van der Waals surface area contributed by atoms with Crippen LogP contribution in [0.4, 0.5) is 0 Å². The van der Waals surface area contributed by atoms with Crippen LogP contribution in [0.15, 0.2) is 0 Å². The van der Waals surface area contributed by atoms with Gasteiger partial charge in [0.25, 0.3) is 0 Å². The Kier molecular flexibility index (Phi) is 4.89. The lowest BCUT2D eigenvalue weighted by atomic mass is 9.77. The molecule has 1 aliphatic rings. The predicted molar refractivity (Wildman–Crippen MR) is 59.5 cm³/mol. The van der Waals surface area contributed by atoms with Gasteiger partial charge in [0.15, 0.2) is 6.10 Å². The van der Waals surface area contributed by atoms with Gasteiger partial charge in [-0.1, -0.05) is 0 Å². The monoisotopic (exact) mass is 245 g/mol. The van der Waals surface area contributed by atoms with Crippen LogP contribution >= 0.6 is 0 Å². The molecule has 0 radical (unpaired) electrons. The molecule has 0 aromatic rings. The Bertz CT molecular complexity index is 282. The lowest BCUT2D eigenvalue weighted by Crippen LogP contribution is -2.44. The number of aliphatic hydroxyl groups is 1. The maximum Gasteiger partial charge on any atom is 0.332 e. The quantitative estimate of drug-likeness (QED) is 0.582. The fourth-order valence-corrected chi connectivity index (χ4v) is 1.85. The average Bonchev–Trinajstić information content (AvgIpc) is 2.23. The van der Waals surface area contributed by atoms with Crippen LogP contribution in [0, 0.1) is 0 Å². The maximum atomic E-state index is 11.5. The van der Waals surface area contributed by atoms with Crippen molar-refractivity contribution in [3.05, 3.63) is 0 Å². The summed E-state index contributed by atoms with van der Waals surface area (Å²) in [5, 5.41) is 20.0. The molecule has 17 heavy (non-hydrogen) atoms. The summed E-state index contributed by atoms with van der Waals surface area (Å²) in [4.78, 5) is 21.9. The van der Waals surface area contributed by atoms with Gasteiger partial charge in [0, 0.05) is 20.1 Å². The van der Waals surface area contributed by atoms with Gasteiger partial charge in [-0.15, -0.1) is 0 Å². The first kappa shape index (κ1) is 13.9. The molecule has 0 saturated heterocycles. The lowest BCUT2D eigenvalue weighted by Gasteiger charge is -2.39. The number of ether oxygens (including phenoxy) is 1. The first-order valence-electron chi connectivity index (χ1n) is 5.72. The van der Waals surface area contributed by atoms with Gasteiger partial charge in [-0.3, -0.25) is 4.79 Å². The van der Waals surface area contributed by atoms with Crippen LogP contribution in [0.25, 0.3) is 0 Å². The molecule has 1 rings (SSSR count). The zero-order valence-electron chi connectivity index (χ0n) is 9.94. The number of carbonyl (C=O) groups is 2. The highest BCUT2D eigenvalue weighted by Gasteiger charge is 2.38. The third kappa shape index (κ3) is 3.98. The molecule has 0 unspecified atom stereocenters. The smallest absolute Gasteiger partial charge is 0.332 e. The Morgan fingerprint density at radius 1 is 1.47 bits per heavy atom. The van der Waals surface area contributed by atoms with Gasteiger partial charge in [-0.25, -0.2) is 4.79 Å². The number of carboxylic acid groups (broad SMARTS) is 1. The second kappa shape index (κ2) is 5.97. The predicted octanol–water partition coefficient (Wildman–Crippen LogP) is -0.103. The number of hydrogen-bond acceptors (Lipinski definition) is 4. The molecule has 0 aromatic heterocycles. The number of nitrogens with one attached hydrogen (secondary N) is 1. The Balaban J connectivity index is 2.19. The molecular formula is C11H19NO5.